The van der Waals surface area contributed by atoms with E-state index in [1.165, 1.54) is 36.9 Å². The van der Waals surface area contributed by atoms with Crippen LogP contribution in [0.3, 0.4) is 0 Å². The molecule has 1 saturated carbocycles. The number of β-amino-alcohol motifs (C(OH)–C–C–N with tert-alkyl or cyclic N) is 1. The third-order valence-electron chi connectivity index (χ3n) is 12.4. The molecule has 11 heteroatoms. The van der Waals surface area contributed by atoms with Gasteiger partial charge in [-0.05, 0) is 107 Å². The van der Waals surface area contributed by atoms with E-state index >= 15 is 0 Å². The maximum Gasteiger partial charge on any atom is 0.246 e. The summed E-state index contributed by atoms with van der Waals surface area (Å²) in [5.74, 6) is 0.719. The SMILES string of the molecule is C[C@@H]1C[C@@H](O)CN1C(=O)[C@@H](NC(=O)C1CCN(C[C@H]2CC[C@@H](N3CCc4[nH]c5nnc(-c6ccccc6O)cc5c4[C@H]3C)CC2)CC1)C(C)(C)C. The highest BCUT2D eigenvalue weighted by atomic mass is 16.3. The summed E-state index contributed by atoms with van der Waals surface area (Å²) in [7, 11) is 0. The number of carbonyl (C=O) groups excluding carboxylic acids is 2. The van der Waals surface area contributed by atoms with Crippen LogP contribution in [0.4, 0.5) is 0 Å². The molecule has 51 heavy (non-hydrogen) atoms. The van der Waals surface area contributed by atoms with Crippen molar-refractivity contribution < 1.29 is 19.8 Å². The largest absolute Gasteiger partial charge is 0.507 e. The molecule has 3 aliphatic heterocycles. The second-order valence-corrected chi connectivity index (χ2v) is 17.0. The van der Waals surface area contributed by atoms with Gasteiger partial charge in [-0.3, -0.25) is 14.5 Å². The molecule has 0 spiro atoms. The van der Waals surface area contributed by atoms with Gasteiger partial charge in [0.25, 0.3) is 0 Å². The lowest BCUT2D eigenvalue weighted by molar-refractivity contribution is -0.141. The molecule has 11 nitrogen and oxygen atoms in total. The van der Waals surface area contributed by atoms with Crippen LogP contribution in [-0.2, 0) is 16.0 Å². The van der Waals surface area contributed by atoms with Gasteiger partial charge < -0.3 is 30.3 Å². The van der Waals surface area contributed by atoms with Crippen molar-refractivity contribution in [2.75, 3.05) is 32.7 Å². The molecule has 0 unspecified atom stereocenters. The molecule has 2 aromatic heterocycles. The van der Waals surface area contributed by atoms with Crippen LogP contribution in [0.2, 0.25) is 0 Å². The molecule has 7 rings (SSSR count). The van der Waals surface area contributed by atoms with E-state index in [-0.39, 0.29) is 35.6 Å². The lowest BCUT2D eigenvalue weighted by atomic mass is 9.82. The number of benzene rings is 1. The number of hydrogen-bond donors (Lipinski definition) is 4. The van der Waals surface area contributed by atoms with Crippen LogP contribution < -0.4 is 5.32 Å². The number of amides is 2. The Balaban J connectivity index is 0.905. The fourth-order valence-corrected chi connectivity index (χ4v) is 9.44. The van der Waals surface area contributed by atoms with Crippen LogP contribution in [0, 0.1) is 17.3 Å². The molecule has 0 radical (unpaired) electrons. The Kier molecular flexibility index (Phi) is 10.2. The Hall–Kier alpha value is -3.54. The minimum absolute atomic E-state index is 0.00803. The molecular formula is C40H57N7O4. The number of nitrogens with zero attached hydrogens (tertiary/aromatic N) is 5. The Morgan fingerprint density at radius 2 is 1.75 bits per heavy atom. The highest BCUT2D eigenvalue weighted by Gasteiger charge is 2.42. The minimum Gasteiger partial charge on any atom is -0.507 e. The third-order valence-corrected chi connectivity index (χ3v) is 12.4. The zero-order valence-corrected chi connectivity index (χ0v) is 31.1. The minimum atomic E-state index is -0.606. The molecule has 3 aromatic rings. The van der Waals surface area contributed by atoms with Crippen LogP contribution >= 0.6 is 0 Å². The molecule has 5 heterocycles. The van der Waals surface area contributed by atoms with Crippen molar-refractivity contribution in [2.45, 2.75) is 116 Å². The summed E-state index contributed by atoms with van der Waals surface area (Å²) in [6.07, 6.45) is 7.53. The second kappa shape index (κ2) is 14.5. The van der Waals surface area contributed by atoms with Crippen molar-refractivity contribution in [3.05, 3.63) is 41.6 Å². The number of phenolic OH excluding ortho intramolecular Hbond substituents is 1. The summed E-state index contributed by atoms with van der Waals surface area (Å²) < 4.78 is 0. The zero-order chi connectivity index (χ0) is 36.0. The summed E-state index contributed by atoms with van der Waals surface area (Å²) in [4.78, 5) is 37.6. The van der Waals surface area contributed by atoms with Gasteiger partial charge >= 0.3 is 0 Å². The topological polar surface area (TPSA) is 138 Å². The first-order valence-corrected chi connectivity index (χ1v) is 19.3. The maximum atomic E-state index is 13.5. The van der Waals surface area contributed by atoms with E-state index in [9.17, 15) is 19.8 Å². The fourth-order valence-electron chi connectivity index (χ4n) is 9.44. The Bertz CT molecular complexity index is 1720. The maximum absolute atomic E-state index is 13.5. The second-order valence-electron chi connectivity index (χ2n) is 17.0. The summed E-state index contributed by atoms with van der Waals surface area (Å²) in [6, 6.07) is 9.58. The number of hydrogen-bond acceptors (Lipinski definition) is 8. The Morgan fingerprint density at radius 1 is 1.02 bits per heavy atom. The average Bonchev–Trinajstić information content (AvgIpc) is 3.65. The molecule has 4 aliphatic rings. The van der Waals surface area contributed by atoms with Gasteiger partial charge in [0.1, 0.15) is 11.8 Å². The average molecular weight is 700 g/mol. The van der Waals surface area contributed by atoms with Crippen LogP contribution in [0.5, 0.6) is 5.75 Å². The standard InChI is InChI=1S/C40H57N7O4/c1-24-20-29(48)23-47(24)39(51)36(40(3,4)5)42-38(50)27-14-17-45(18-15-27)22-26-10-12-28(13-11-26)46-19-16-32-35(25(46)2)31-21-33(43-44-37(31)41-32)30-8-6-7-9-34(30)49/h6-9,21,24-29,36,48-49H,10-20,22-23H2,1-5H3,(H,41,44)(H,42,50)/t24-,25-,26-,28+,29-,36-/m1/s1. The predicted octanol–water partition coefficient (Wildman–Crippen LogP) is 5.03. The lowest BCUT2D eigenvalue weighted by Crippen LogP contribution is -2.57. The first kappa shape index (κ1) is 35.8. The van der Waals surface area contributed by atoms with E-state index in [1.807, 2.05) is 45.9 Å². The fraction of sp³-hybridized carbons (Fsp3) is 0.650. The van der Waals surface area contributed by atoms with Crippen molar-refractivity contribution in [3.8, 4) is 17.0 Å². The predicted molar refractivity (Wildman–Crippen MR) is 198 cm³/mol. The molecule has 1 aromatic carbocycles. The zero-order valence-electron chi connectivity index (χ0n) is 31.1. The number of fused-ring (bicyclic) bond motifs is 3. The summed E-state index contributed by atoms with van der Waals surface area (Å²) >= 11 is 0. The number of H-pyrrole nitrogens is 1. The molecule has 3 fully saturated rings. The molecular weight excluding hydrogens is 642 g/mol. The highest BCUT2D eigenvalue weighted by Crippen LogP contribution is 2.41. The normalized spacial score (nSPS) is 27.4. The number of aromatic hydroxyl groups is 1. The number of rotatable bonds is 7. The van der Waals surface area contributed by atoms with Crippen LogP contribution in [0.25, 0.3) is 22.3 Å². The number of aliphatic hydroxyl groups excluding tert-OH is 1. The van der Waals surface area contributed by atoms with E-state index in [1.54, 1.807) is 11.0 Å². The monoisotopic (exact) mass is 699 g/mol. The first-order valence-electron chi connectivity index (χ1n) is 19.3. The van der Waals surface area contributed by atoms with Gasteiger partial charge in [-0.1, -0.05) is 32.9 Å². The number of likely N-dealkylation sites (tertiary alicyclic amines) is 2. The number of para-hydroxylation sites is 1. The number of aromatic amines is 1. The Morgan fingerprint density at radius 3 is 2.41 bits per heavy atom. The summed E-state index contributed by atoms with van der Waals surface area (Å²) in [5.41, 5.74) is 4.36. The Labute approximate surface area is 302 Å². The molecule has 2 saturated heterocycles. The molecule has 4 atom stereocenters. The van der Waals surface area contributed by atoms with Crippen molar-refractivity contribution in [3.63, 3.8) is 0 Å². The van der Waals surface area contributed by atoms with Crippen molar-refractivity contribution in [1.29, 1.82) is 0 Å². The van der Waals surface area contributed by atoms with E-state index < -0.39 is 17.6 Å². The lowest BCUT2D eigenvalue weighted by Gasteiger charge is -2.43. The first-order chi connectivity index (χ1) is 24.4. The van der Waals surface area contributed by atoms with Gasteiger partial charge in [0.05, 0.1) is 11.8 Å². The van der Waals surface area contributed by atoms with E-state index in [0.717, 1.165) is 56.5 Å². The number of carbonyl (C=O) groups is 2. The number of nitrogens with one attached hydrogen (secondary N) is 2. The van der Waals surface area contributed by atoms with Crippen molar-refractivity contribution in [1.82, 2.24) is 35.2 Å². The molecule has 0 bridgehead atoms. The quantitative estimate of drug-likeness (QED) is 0.270. The van der Waals surface area contributed by atoms with Crippen LogP contribution in [-0.4, -0.2) is 109 Å². The number of phenols is 1. The van der Waals surface area contributed by atoms with Gasteiger partial charge in [-0.15, -0.1) is 10.2 Å². The molecule has 1 aliphatic carbocycles. The van der Waals surface area contributed by atoms with Gasteiger partial charge in [-0.25, -0.2) is 0 Å². The van der Waals surface area contributed by atoms with Gasteiger partial charge in [0.2, 0.25) is 11.8 Å². The number of aromatic nitrogens is 3. The number of aliphatic hydroxyl groups is 1. The van der Waals surface area contributed by atoms with Gasteiger partial charge in [0, 0.05) is 66.7 Å². The summed E-state index contributed by atoms with van der Waals surface area (Å²) in [5, 5.41) is 33.8. The van der Waals surface area contributed by atoms with Gasteiger partial charge in [-0.2, -0.15) is 0 Å². The molecule has 276 valence electrons. The molecule has 4 N–H and O–H groups in total. The third kappa shape index (κ3) is 7.39. The van der Waals surface area contributed by atoms with Gasteiger partial charge in [0.15, 0.2) is 5.65 Å². The van der Waals surface area contributed by atoms with Crippen molar-refractivity contribution in [2.24, 2.45) is 17.3 Å². The van der Waals surface area contributed by atoms with Crippen LogP contribution in [0.1, 0.15) is 96.9 Å². The smallest absolute Gasteiger partial charge is 0.246 e. The van der Waals surface area contributed by atoms with E-state index in [4.69, 9.17) is 0 Å². The summed E-state index contributed by atoms with van der Waals surface area (Å²) in [6.45, 7) is 14.6. The van der Waals surface area contributed by atoms with E-state index in [2.05, 4.69) is 43.3 Å². The highest BCUT2D eigenvalue weighted by molar-refractivity contribution is 5.89. The van der Waals surface area contributed by atoms with Crippen LogP contribution in [0.15, 0.2) is 30.3 Å². The van der Waals surface area contributed by atoms with E-state index in [0.29, 0.717) is 36.2 Å². The van der Waals surface area contributed by atoms with Crippen molar-refractivity contribution >= 4 is 22.8 Å². The number of piperidine rings is 1. The molecule has 2 amide bonds.